The summed E-state index contributed by atoms with van der Waals surface area (Å²) in [7, 11) is -1.33. The number of fused-ring (bicyclic) bond motifs is 1. The minimum absolute atomic E-state index is 0.251. The van der Waals surface area contributed by atoms with Crippen molar-refractivity contribution in [3.8, 4) is 0 Å². The molecule has 0 aliphatic carbocycles. The van der Waals surface area contributed by atoms with Crippen LogP contribution >= 0.6 is 0 Å². The van der Waals surface area contributed by atoms with Crippen molar-refractivity contribution in [3.05, 3.63) is 29.8 Å². The average Bonchev–Trinajstić information content (AvgIpc) is 2.47. The average molecular weight is 197 g/mol. The molecule has 0 aromatic heterocycles. The van der Waals surface area contributed by atoms with Gasteiger partial charge in [-0.05, 0) is 12.1 Å². The van der Waals surface area contributed by atoms with Crippen LogP contribution in [0, 0.1) is 0 Å². The van der Waals surface area contributed by atoms with Gasteiger partial charge in [0.1, 0.15) is 0 Å². The van der Waals surface area contributed by atoms with Gasteiger partial charge in [-0.2, -0.15) is 0 Å². The Bertz CT molecular complexity index is 316. The molecule has 0 saturated heterocycles. The van der Waals surface area contributed by atoms with E-state index in [9.17, 15) is 9.00 Å². The quantitative estimate of drug-likeness (QED) is 0.684. The largest absolute Gasteiger partial charge is 0.268 e. The third-order valence-electron chi connectivity index (χ3n) is 1.52. The lowest BCUT2D eigenvalue weighted by atomic mass is 10.2. The Kier molecular flexibility index (Phi) is 3.19. The molecule has 1 heterocycles. The highest BCUT2D eigenvalue weighted by molar-refractivity contribution is 7.84. The van der Waals surface area contributed by atoms with E-state index >= 15 is 0 Å². The standard InChI is InChI=1S/C7H5NO2S.C2H6/c9-7-5-3-1-2-4-6(5)11(10)8-7;1-2/h1-4H,(H,8,9);1-2H3. The van der Waals surface area contributed by atoms with E-state index in [1.165, 1.54) is 0 Å². The maximum Gasteiger partial charge on any atom is 0.264 e. The lowest BCUT2D eigenvalue weighted by molar-refractivity contribution is 0.0986. The molecule has 1 aliphatic rings. The van der Waals surface area contributed by atoms with Gasteiger partial charge in [0, 0.05) is 0 Å². The minimum atomic E-state index is -1.33. The van der Waals surface area contributed by atoms with Crippen LogP contribution in [0.15, 0.2) is 29.2 Å². The van der Waals surface area contributed by atoms with Gasteiger partial charge in [-0.15, -0.1) is 0 Å². The summed E-state index contributed by atoms with van der Waals surface area (Å²) in [5, 5.41) is 0. The number of nitrogens with one attached hydrogen (secondary N) is 1. The third kappa shape index (κ3) is 1.78. The Labute approximate surface area is 79.7 Å². The molecule has 4 heteroatoms. The van der Waals surface area contributed by atoms with Gasteiger partial charge in [-0.3, -0.25) is 9.52 Å². The van der Waals surface area contributed by atoms with Crippen molar-refractivity contribution in [2.24, 2.45) is 0 Å². The zero-order chi connectivity index (χ0) is 9.84. The summed E-state index contributed by atoms with van der Waals surface area (Å²) in [6.07, 6.45) is 0. The van der Waals surface area contributed by atoms with Crippen LogP contribution in [0.2, 0.25) is 0 Å². The Morgan fingerprint density at radius 2 is 1.85 bits per heavy atom. The molecule has 3 nitrogen and oxygen atoms in total. The molecular weight excluding hydrogens is 186 g/mol. The van der Waals surface area contributed by atoms with Crippen LogP contribution in [0.1, 0.15) is 24.2 Å². The molecule has 0 spiro atoms. The van der Waals surface area contributed by atoms with Crippen molar-refractivity contribution in [3.63, 3.8) is 0 Å². The van der Waals surface area contributed by atoms with E-state index in [1.807, 2.05) is 13.8 Å². The summed E-state index contributed by atoms with van der Waals surface area (Å²) in [5.74, 6) is -0.251. The summed E-state index contributed by atoms with van der Waals surface area (Å²) < 4.78 is 13.4. The predicted octanol–water partition coefficient (Wildman–Crippen LogP) is 1.48. The molecule has 13 heavy (non-hydrogen) atoms. The number of benzene rings is 1. The van der Waals surface area contributed by atoms with E-state index in [1.54, 1.807) is 24.3 Å². The van der Waals surface area contributed by atoms with Gasteiger partial charge in [-0.1, -0.05) is 26.0 Å². The summed E-state index contributed by atoms with van der Waals surface area (Å²) in [6.45, 7) is 4.00. The highest BCUT2D eigenvalue weighted by Crippen LogP contribution is 2.17. The Morgan fingerprint density at radius 1 is 1.23 bits per heavy atom. The van der Waals surface area contributed by atoms with Gasteiger partial charge in [0.25, 0.3) is 5.91 Å². The zero-order valence-electron chi connectivity index (χ0n) is 7.53. The Hall–Kier alpha value is -1.16. The fourth-order valence-electron chi connectivity index (χ4n) is 1.01. The molecule has 1 aromatic carbocycles. The molecule has 1 unspecified atom stereocenters. The van der Waals surface area contributed by atoms with E-state index in [0.717, 1.165) is 0 Å². The summed E-state index contributed by atoms with van der Waals surface area (Å²) >= 11 is 0. The summed E-state index contributed by atoms with van der Waals surface area (Å²) in [5.41, 5.74) is 0.519. The molecule has 1 aromatic rings. The Morgan fingerprint density at radius 3 is 2.46 bits per heavy atom. The van der Waals surface area contributed by atoms with Crippen LogP contribution in [-0.4, -0.2) is 10.1 Å². The van der Waals surface area contributed by atoms with Crippen LogP contribution in [-0.2, 0) is 11.0 Å². The zero-order valence-corrected chi connectivity index (χ0v) is 8.35. The van der Waals surface area contributed by atoms with Crippen molar-refractivity contribution in [1.29, 1.82) is 0 Å². The number of hydrogen-bond acceptors (Lipinski definition) is 2. The molecule has 1 atom stereocenters. The van der Waals surface area contributed by atoms with Gasteiger partial charge < -0.3 is 0 Å². The topological polar surface area (TPSA) is 46.2 Å². The second-order valence-corrected chi connectivity index (χ2v) is 3.38. The molecule has 0 radical (unpaired) electrons. The molecule has 70 valence electrons. The lowest BCUT2D eigenvalue weighted by Gasteiger charge is -1.88. The van der Waals surface area contributed by atoms with Gasteiger partial charge in [0.2, 0.25) is 0 Å². The van der Waals surface area contributed by atoms with Crippen molar-refractivity contribution in [2.75, 3.05) is 0 Å². The van der Waals surface area contributed by atoms with Crippen LogP contribution in [0.3, 0.4) is 0 Å². The maximum atomic E-state index is 11.1. The normalized spacial score (nSPS) is 18.3. The summed E-state index contributed by atoms with van der Waals surface area (Å²) in [4.78, 5) is 11.6. The number of carbonyl (C=O) groups is 1. The number of rotatable bonds is 0. The number of carbonyl (C=O) groups excluding carboxylic acids is 1. The first kappa shape index (κ1) is 9.92. The SMILES string of the molecule is CC.O=C1NS(=O)c2ccccc21. The van der Waals surface area contributed by atoms with Crippen LogP contribution < -0.4 is 4.72 Å². The molecule has 2 rings (SSSR count). The lowest BCUT2D eigenvalue weighted by Crippen LogP contribution is -2.15. The third-order valence-corrected chi connectivity index (χ3v) is 2.64. The van der Waals surface area contributed by atoms with E-state index in [0.29, 0.717) is 10.5 Å². The molecule has 1 N–H and O–H groups in total. The fourth-order valence-corrected chi connectivity index (χ4v) is 1.96. The van der Waals surface area contributed by atoms with E-state index in [2.05, 4.69) is 4.72 Å². The first-order chi connectivity index (χ1) is 6.29. The van der Waals surface area contributed by atoms with Crippen LogP contribution in [0.25, 0.3) is 0 Å². The molecule has 0 fully saturated rings. The second-order valence-electron chi connectivity index (χ2n) is 2.20. The molecule has 0 bridgehead atoms. The van der Waals surface area contributed by atoms with Gasteiger partial charge in [0.05, 0.1) is 10.5 Å². The Balaban J connectivity index is 0.000000396. The van der Waals surface area contributed by atoms with Crippen molar-refractivity contribution >= 4 is 16.9 Å². The molecular formula is C9H11NO2S. The molecule has 1 amide bonds. The van der Waals surface area contributed by atoms with E-state index in [4.69, 9.17) is 0 Å². The van der Waals surface area contributed by atoms with E-state index in [-0.39, 0.29) is 5.91 Å². The predicted molar refractivity (Wildman–Crippen MR) is 51.7 cm³/mol. The monoisotopic (exact) mass is 197 g/mol. The highest BCUT2D eigenvalue weighted by Gasteiger charge is 2.24. The van der Waals surface area contributed by atoms with Gasteiger partial charge in [0.15, 0.2) is 11.0 Å². The fraction of sp³-hybridized carbons (Fsp3) is 0.222. The van der Waals surface area contributed by atoms with E-state index < -0.39 is 11.0 Å². The van der Waals surface area contributed by atoms with Crippen LogP contribution in [0.4, 0.5) is 0 Å². The van der Waals surface area contributed by atoms with Crippen molar-refractivity contribution < 1.29 is 9.00 Å². The van der Waals surface area contributed by atoms with Crippen molar-refractivity contribution in [1.82, 2.24) is 4.72 Å². The maximum absolute atomic E-state index is 11.1. The first-order valence-corrected chi connectivity index (χ1v) is 5.26. The molecule has 0 saturated carbocycles. The van der Waals surface area contributed by atoms with Gasteiger partial charge >= 0.3 is 0 Å². The number of hydrogen-bond donors (Lipinski definition) is 1. The summed E-state index contributed by atoms with van der Waals surface area (Å²) in [6, 6.07) is 6.86. The van der Waals surface area contributed by atoms with Crippen LogP contribution in [0.5, 0.6) is 0 Å². The van der Waals surface area contributed by atoms with Crippen molar-refractivity contribution in [2.45, 2.75) is 18.7 Å². The second kappa shape index (κ2) is 4.18. The minimum Gasteiger partial charge on any atom is -0.268 e. The molecule has 1 aliphatic heterocycles. The smallest absolute Gasteiger partial charge is 0.264 e. The number of amides is 1. The highest BCUT2D eigenvalue weighted by atomic mass is 32.2. The van der Waals surface area contributed by atoms with Gasteiger partial charge in [-0.25, -0.2) is 4.21 Å². The first-order valence-electron chi connectivity index (χ1n) is 4.11.